The molecule has 1 aromatic carbocycles. The Morgan fingerprint density at radius 2 is 1.93 bits per heavy atom. The normalized spacial score (nSPS) is 20.6. The molecular weight excluding hydrogens is 358 g/mol. The van der Waals surface area contributed by atoms with E-state index in [1.54, 1.807) is 0 Å². The molecule has 1 saturated heterocycles. The standard InChI is InChI=1S/C25H35N3O/c1-5-22-27-21-18-26-20-13-7-6-12-19(20)23(21)28(22)16-10-8-14-25(24(2,3)4)15-9-11-17-29-25/h6-7,12-13,18H,5,8-11,14-17H2,1-4H3. The highest BCUT2D eigenvalue weighted by Crippen LogP contribution is 2.44. The van der Waals surface area contributed by atoms with Crippen LogP contribution in [0.1, 0.15) is 72.0 Å². The van der Waals surface area contributed by atoms with Crippen molar-refractivity contribution in [2.75, 3.05) is 6.61 Å². The van der Waals surface area contributed by atoms with Crippen LogP contribution >= 0.6 is 0 Å². The Kier molecular flexibility index (Phi) is 5.65. The molecule has 1 aliphatic rings. The minimum Gasteiger partial charge on any atom is -0.374 e. The first-order valence-corrected chi connectivity index (χ1v) is 11.3. The molecule has 0 aliphatic carbocycles. The van der Waals surface area contributed by atoms with Crippen molar-refractivity contribution in [3.63, 3.8) is 0 Å². The van der Waals surface area contributed by atoms with Gasteiger partial charge in [0.2, 0.25) is 0 Å². The highest BCUT2D eigenvalue weighted by molar-refractivity contribution is 6.02. The monoisotopic (exact) mass is 393 g/mol. The second-order valence-electron chi connectivity index (χ2n) is 9.55. The maximum absolute atomic E-state index is 6.41. The van der Waals surface area contributed by atoms with Crippen LogP contribution in [0.4, 0.5) is 0 Å². The Morgan fingerprint density at radius 3 is 2.66 bits per heavy atom. The van der Waals surface area contributed by atoms with Gasteiger partial charge in [0, 0.05) is 25.0 Å². The number of benzene rings is 1. The predicted molar refractivity (Wildman–Crippen MR) is 120 cm³/mol. The van der Waals surface area contributed by atoms with Crippen molar-refractivity contribution >= 4 is 21.9 Å². The van der Waals surface area contributed by atoms with Gasteiger partial charge in [0.05, 0.1) is 22.8 Å². The third-order valence-corrected chi connectivity index (χ3v) is 6.81. The van der Waals surface area contributed by atoms with Gasteiger partial charge in [0.1, 0.15) is 11.3 Å². The van der Waals surface area contributed by atoms with E-state index in [9.17, 15) is 0 Å². The van der Waals surface area contributed by atoms with E-state index in [4.69, 9.17) is 9.72 Å². The second kappa shape index (κ2) is 8.06. The van der Waals surface area contributed by atoms with Gasteiger partial charge in [-0.25, -0.2) is 4.98 Å². The molecule has 0 bridgehead atoms. The van der Waals surface area contributed by atoms with Crippen molar-refractivity contribution in [1.82, 2.24) is 14.5 Å². The quantitative estimate of drug-likeness (QED) is 0.461. The Labute approximate surface area is 174 Å². The lowest BCUT2D eigenvalue weighted by atomic mass is 9.69. The van der Waals surface area contributed by atoms with Gasteiger partial charge in [-0.3, -0.25) is 4.98 Å². The van der Waals surface area contributed by atoms with Crippen molar-refractivity contribution in [3.8, 4) is 0 Å². The minimum atomic E-state index is 0.0342. The van der Waals surface area contributed by atoms with Gasteiger partial charge in [-0.15, -0.1) is 0 Å². The number of aryl methyl sites for hydroxylation is 2. The highest BCUT2D eigenvalue weighted by atomic mass is 16.5. The van der Waals surface area contributed by atoms with E-state index in [-0.39, 0.29) is 11.0 Å². The van der Waals surface area contributed by atoms with E-state index in [1.165, 1.54) is 36.6 Å². The molecule has 4 rings (SSSR count). The summed E-state index contributed by atoms with van der Waals surface area (Å²) in [5, 5.41) is 1.21. The Morgan fingerprint density at radius 1 is 1.10 bits per heavy atom. The van der Waals surface area contributed by atoms with E-state index in [0.717, 1.165) is 49.3 Å². The van der Waals surface area contributed by atoms with Crippen LogP contribution in [0.25, 0.3) is 21.9 Å². The molecular formula is C25H35N3O. The molecule has 1 atom stereocenters. The molecule has 0 amide bonds. The average Bonchev–Trinajstić information content (AvgIpc) is 3.09. The number of imidazole rings is 1. The molecule has 156 valence electrons. The Hall–Kier alpha value is -1.94. The predicted octanol–water partition coefficient (Wildman–Crippen LogP) is 6.30. The van der Waals surface area contributed by atoms with E-state index in [1.807, 2.05) is 6.20 Å². The summed E-state index contributed by atoms with van der Waals surface area (Å²) < 4.78 is 8.85. The number of hydrogen-bond donors (Lipinski definition) is 0. The summed E-state index contributed by atoms with van der Waals surface area (Å²) in [6, 6.07) is 8.41. The van der Waals surface area contributed by atoms with Gasteiger partial charge >= 0.3 is 0 Å². The summed E-state index contributed by atoms with van der Waals surface area (Å²) in [7, 11) is 0. The maximum atomic E-state index is 6.41. The minimum absolute atomic E-state index is 0.0342. The molecule has 4 nitrogen and oxygen atoms in total. The topological polar surface area (TPSA) is 39.9 Å². The zero-order valence-electron chi connectivity index (χ0n) is 18.5. The fraction of sp³-hybridized carbons (Fsp3) is 0.600. The molecule has 0 saturated carbocycles. The zero-order valence-corrected chi connectivity index (χ0v) is 18.5. The zero-order chi connectivity index (χ0) is 20.5. The summed E-state index contributed by atoms with van der Waals surface area (Å²) in [5.74, 6) is 1.16. The van der Waals surface area contributed by atoms with Crippen molar-refractivity contribution in [3.05, 3.63) is 36.3 Å². The summed E-state index contributed by atoms with van der Waals surface area (Å²) in [4.78, 5) is 9.48. The molecule has 2 aromatic heterocycles. The molecule has 0 radical (unpaired) electrons. The number of hydrogen-bond acceptors (Lipinski definition) is 3. The molecule has 0 N–H and O–H groups in total. The van der Waals surface area contributed by atoms with E-state index >= 15 is 0 Å². The van der Waals surface area contributed by atoms with Gasteiger partial charge < -0.3 is 9.30 Å². The van der Waals surface area contributed by atoms with Crippen LogP contribution in [0.3, 0.4) is 0 Å². The summed E-state index contributed by atoms with van der Waals surface area (Å²) >= 11 is 0. The number of unbranched alkanes of at least 4 members (excludes halogenated alkanes) is 1. The van der Waals surface area contributed by atoms with Gasteiger partial charge in [-0.1, -0.05) is 45.9 Å². The molecule has 1 aliphatic heterocycles. The molecule has 0 spiro atoms. The van der Waals surface area contributed by atoms with Crippen molar-refractivity contribution < 1.29 is 4.74 Å². The van der Waals surface area contributed by atoms with Crippen LogP contribution in [0.5, 0.6) is 0 Å². The van der Waals surface area contributed by atoms with E-state index < -0.39 is 0 Å². The molecule has 3 heterocycles. The highest BCUT2D eigenvalue weighted by Gasteiger charge is 2.43. The van der Waals surface area contributed by atoms with Crippen molar-refractivity contribution in [2.24, 2.45) is 5.41 Å². The van der Waals surface area contributed by atoms with Crippen LogP contribution in [0.15, 0.2) is 30.5 Å². The van der Waals surface area contributed by atoms with Crippen LogP contribution in [-0.2, 0) is 17.7 Å². The third kappa shape index (κ3) is 3.79. The van der Waals surface area contributed by atoms with Gasteiger partial charge in [-0.05, 0) is 50.0 Å². The Bertz CT molecular complexity index is 977. The summed E-state index contributed by atoms with van der Waals surface area (Å²) in [6.07, 6.45) is 10.0. The summed E-state index contributed by atoms with van der Waals surface area (Å²) in [6.45, 7) is 11.1. The fourth-order valence-electron chi connectivity index (χ4n) is 5.02. The van der Waals surface area contributed by atoms with Gasteiger partial charge in [-0.2, -0.15) is 0 Å². The number of rotatable bonds is 6. The average molecular weight is 394 g/mol. The third-order valence-electron chi connectivity index (χ3n) is 6.81. The van der Waals surface area contributed by atoms with Crippen LogP contribution in [-0.4, -0.2) is 26.7 Å². The van der Waals surface area contributed by atoms with Crippen LogP contribution in [0.2, 0.25) is 0 Å². The Balaban J connectivity index is 1.54. The second-order valence-corrected chi connectivity index (χ2v) is 9.55. The molecule has 4 heteroatoms. The van der Waals surface area contributed by atoms with E-state index in [0.29, 0.717) is 0 Å². The van der Waals surface area contributed by atoms with E-state index in [2.05, 4.69) is 61.5 Å². The number of para-hydroxylation sites is 1. The summed E-state index contributed by atoms with van der Waals surface area (Å²) in [5.41, 5.74) is 3.53. The van der Waals surface area contributed by atoms with Crippen molar-refractivity contribution in [1.29, 1.82) is 0 Å². The number of pyridine rings is 1. The van der Waals surface area contributed by atoms with Crippen LogP contribution < -0.4 is 0 Å². The lowest BCUT2D eigenvalue weighted by molar-refractivity contribution is -0.149. The van der Waals surface area contributed by atoms with Crippen LogP contribution in [0, 0.1) is 5.41 Å². The molecule has 3 aromatic rings. The van der Waals surface area contributed by atoms with Gasteiger partial charge in [0.25, 0.3) is 0 Å². The first-order chi connectivity index (χ1) is 14.0. The largest absolute Gasteiger partial charge is 0.374 e. The maximum Gasteiger partial charge on any atom is 0.109 e. The number of nitrogens with zero attached hydrogens (tertiary/aromatic N) is 3. The lowest BCUT2D eigenvalue weighted by Crippen LogP contribution is -2.47. The fourth-order valence-corrected chi connectivity index (χ4v) is 5.02. The SMILES string of the molecule is CCc1nc2cnc3ccccc3c2n1CCCCC1(C(C)(C)C)CCCCO1. The first kappa shape index (κ1) is 20.3. The molecule has 29 heavy (non-hydrogen) atoms. The molecule has 1 fully saturated rings. The van der Waals surface area contributed by atoms with Gasteiger partial charge in [0.15, 0.2) is 0 Å². The number of fused-ring (bicyclic) bond motifs is 3. The van der Waals surface area contributed by atoms with Crippen molar-refractivity contribution in [2.45, 2.75) is 84.8 Å². The molecule has 1 unspecified atom stereocenters. The number of aromatic nitrogens is 3. The smallest absolute Gasteiger partial charge is 0.109 e. The lowest BCUT2D eigenvalue weighted by Gasteiger charge is -2.47. The number of ether oxygens (including phenoxy) is 1. The first-order valence-electron chi connectivity index (χ1n) is 11.3.